The molecule has 2 aromatic rings. The average molecular weight is 485 g/mol. The number of piperidine rings is 1. The van der Waals surface area contributed by atoms with Crippen molar-refractivity contribution in [1.82, 2.24) is 4.90 Å². The molecule has 0 aliphatic carbocycles. The van der Waals surface area contributed by atoms with Crippen LogP contribution >= 0.6 is 11.8 Å². The van der Waals surface area contributed by atoms with E-state index in [1.165, 1.54) is 17.8 Å². The maximum absolute atomic E-state index is 14.5. The highest BCUT2D eigenvalue weighted by Gasteiger charge is 2.31. The Hall–Kier alpha value is -3.07. The second-order valence-corrected chi connectivity index (χ2v) is 9.92. The number of anilines is 1. The van der Waals surface area contributed by atoms with E-state index in [9.17, 15) is 14.0 Å². The normalized spacial score (nSPS) is 21.0. The molecule has 4 rings (SSSR count). The number of likely N-dealkylation sites (tertiary alicyclic amines) is 1. The highest BCUT2D eigenvalue weighted by atomic mass is 32.2. The Morgan fingerprint density at radius 1 is 1.24 bits per heavy atom. The second kappa shape index (κ2) is 10.5. The van der Waals surface area contributed by atoms with Crippen molar-refractivity contribution >= 4 is 34.6 Å². The van der Waals surface area contributed by atoms with Crippen molar-refractivity contribution in [2.24, 2.45) is 16.6 Å². The van der Waals surface area contributed by atoms with E-state index in [4.69, 9.17) is 10.5 Å². The molecule has 1 fully saturated rings. The first-order valence-electron chi connectivity index (χ1n) is 11.4. The highest BCUT2D eigenvalue weighted by molar-refractivity contribution is 8.13. The van der Waals surface area contributed by atoms with Crippen LogP contribution < -0.4 is 11.1 Å². The van der Waals surface area contributed by atoms with Gasteiger partial charge >= 0.3 is 6.09 Å². The third-order valence-corrected chi connectivity index (χ3v) is 7.17. The Bertz CT molecular complexity index is 1070. The Morgan fingerprint density at radius 3 is 2.68 bits per heavy atom. The molecule has 2 aliphatic heterocycles. The molecule has 9 heteroatoms. The van der Waals surface area contributed by atoms with Gasteiger partial charge in [0.2, 0.25) is 5.91 Å². The van der Waals surface area contributed by atoms with Gasteiger partial charge in [0.1, 0.15) is 12.4 Å². The first-order valence-corrected chi connectivity index (χ1v) is 12.4. The van der Waals surface area contributed by atoms with E-state index >= 15 is 0 Å². The summed E-state index contributed by atoms with van der Waals surface area (Å²) in [6.45, 7) is 3.00. The minimum Gasteiger partial charge on any atom is -0.445 e. The number of carbonyl (C=O) groups is 2. The lowest BCUT2D eigenvalue weighted by atomic mass is 9.89. The van der Waals surface area contributed by atoms with E-state index in [1.807, 2.05) is 37.3 Å². The summed E-state index contributed by atoms with van der Waals surface area (Å²) in [7, 11) is 0. The number of nitrogens with two attached hydrogens (primary N) is 1. The molecule has 34 heavy (non-hydrogen) atoms. The predicted octanol–water partition coefficient (Wildman–Crippen LogP) is 4.48. The summed E-state index contributed by atoms with van der Waals surface area (Å²) in [5.41, 5.74) is 7.23. The number of carbonyl (C=O) groups excluding carboxylic acids is 2. The third kappa shape index (κ3) is 5.70. The molecule has 0 saturated carbocycles. The molecular formula is C25H29FN4O3S. The fourth-order valence-electron chi connectivity index (χ4n) is 4.22. The van der Waals surface area contributed by atoms with Crippen molar-refractivity contribution < 1.29 is 18.7 Å². The van der Waals surface area contributed by atoms with Crippen molar-refractivity contribution in [1.29, 1.82) is 0 Å². The molecule has 1 atom stereocenters. The molecule has 2 amide bonds. The number of hydrogen-bond donors (Lipinski definition) is 2. The molecule has 180 valence electrons. The zero-order valence-electron chi connectivity index (χ0n) is 19.1. The maximum Gasteiger partial charge on any atom is 0.410 e. The van der Waals surface area contributed by atoms with E-state index in [0.29, 0.717) is 31.1 Å². The summed E-state index contributed by atoms with van der Waals surface area (Å²) >= 11 is 1.50. The van der Waals surface area contributed by atoms with E-state index in [0.717, 1.165) is 23.3 Å². The summed E-state index contributed by atoms with van der Waals surface area (Å²) < 4.78 is 19.9. The summed E-state index contributed by atoms with van der Waals surface area (Å²) in [4.78, 5) is 31.4. The van der Waals surface area contributed by atoms with Crippen LogP contribution in [0.15, 0.2) is 53.5 Å². The Kier molecular flexibility index (Phi) is 7.41. The minimum atomic E-state index is -0.548. The van der Waals surface area contributed by atoms with Crippen LogP contribution in [0.2, 0.25) is 0 Å². The number of benzene rings is 2. The van der Waals surface area contributed by atoms with Gasteiger partial charge in [-0.05, 0) is 49.4 Å². The number of ether oxygens (including phenoxy) is 1. The Morgan fingerprint density at radius 2 is 1.97 bits per heavy atom. The lowest BCUT2D eigenvalue weighted by Gasteiger charge is -2.31. The number of halogens is 1. The van der Waals surface area contributed by atoms with E-state index in [1.54, 1.807) is 17.0 Å². The van der Waals surface area contributed by atoms with E-state index in [2.05, 4.69) is 10.3 Å². The lowest BCUT2D eigenvalue weighted by Crippen LogP contribution is -2.41. The summed E-state index contributed by atoms with van der Waals surface area (Å²) in [6.07, 6.45) is 1.36. The largest absolute Gasteiger partial charge is 0.445 e. The number of aliphatic imine (C=N–C) groups is 1. The van der Waals surface area contributed by atoms with Gasteiger partial charge < -0.3 is 20.7 Å². The molecule has 2 aliphatic rings. The molecule has 0 aromatic heterocycles. The van der Waals surface area contributed by atoms with Crippen molar-refractivity contribution in [3.8, 4) is 0 Å². The van der Waals surface area contributed by atoms with Gasteiger partial charge in [0, 0.05) is 24.8 Å². The molecule has 0 radical (unpaired) electrons. The van der Waals surface area contributed by atoms with E-state index < -0.39 is 11.4 Å². The minimum absolute atomic E-state index is 0.139. The number of nitrogens with one attached hydrogen (secondary N) is 1. The number of thioether (sulfide) groups is 1. The standard InChI is InChI=1S/C25H29FN4O3S/c1-25(11-14-34-23(27)29-25)19-7-8-20(26)21(15-19)28-22(31)18-9-12-30(13-10-18)24(32)33-16-17-5-3-2-4-6-17/h2-8,15,18H,9-14,16H2,1H3,(H2,27,29)(H,28,31). The second-order valence-electron chi connectivity index (χ2n) is 8.81. The Balaban J connectivity index is 1.32. The zero-order chi connectivity index (χ0) is 24.1. The molecule has 1 saturated heterocycles. The molecule has 0 bridgehead atoms. The van der Waals surface area contributed by atoms with Crippen LogP contribution in [0, 0.1) is 11.7 Å². The third-order valence-electron chi connectivity index (χ3n) is 6.37. The Labute approximate surface area is 202 Å². The van der Waals surface area contributed by atoms with Crippen LogP contribution in [-0.2, 0) is 21.7 Å². The molecule has 2 aromatic carbocycles. The number of rotatable bonds is 5. The van der Waals surface area contributed by atoms with Crippen molar-refractivity contribution in [3.05, 3.63) is 65.5 Å². The van der Waals surface area contributed by atoms with Crippen molar-refractivity contribution in [2.75, 3.05) is 24.2 Å². The van der Waals surface area contributed by atoms with Gasteiger partial charge in [-0.25, -0.2) is 9.18 Å². The maximum atomic E-state index is 14.5. The van der Waals surface area contributed by atoms with Crippen LogP contribution in [0.25, 0.3) is 0 Å². The fourth-order valence-corrected chi connectivity index (χ4v) is 5.20. The van der Waals surface area contributed by atoms with Crippen LogP contribution in [-0.4, -0.2) is 40.9 Å². The van der Waals surface area contributed by atoms with E-state index in [-0.39, 0.29) is 30.2 Å². The lowest BCUT2D eigenvalue weighted by molar-refractivity contribution is -0.121. The molecular weight excluding hydrogens is 455 g/mol. The predicted molar refractivity (Wildman–Crippen MR) is 132 cm³/mol. The van der Waals surface area contributed by atoms with Crippen LogP contribution in [0.4, 0.5) is 14.9 Å². The van der Waals surface area contributed by atoms with Crippen molar-refractivity contribution in [2.45, 2.75) is 38.3 Å². The SMILES string of the molecule is CC1(c2ccc(F)c(NC(=O)C3CCN(C(=O)OCc4ccccc4)CC3)c2)CCSC(N)=N1. The summed E-state index contributed by atoms with van der Waals surface area (Å²) in [5.74, 6) is -0.223. The molecule has 0 spiro atoms. The van der Waals surface area contributed by atoms with Gasteiger partial charge in [-0.2, -0.15) is 0 Å². The topological polar surface area (TPSA) is 97.0 Å². The summed E-state index contributed by atoms with van der Waals surface area (Å²) in [6, 6.07) is 14.2. The smallest absolute Gasteiger partial charge is 0.410 e. The molecule has 2 heterocycles. The fraction of sp³-hybridized carbons (Fsp3) is 0.400. The zero-order valence-corrected chi connectivity index (χ0v) is 19.9. The van der Waals surface area contributed by atoms with Gasteiger partial charge in [-0.3, -0.25) is 9.79 Å². The van der Waals surface area contributed by atoms with Crippen LogP contribution in [0.1, 0.15) is 37.3 Å². The first kappa shape index (κ1) is 24.1. The average Bonchev–Trinajstić information content (AvgIpc) is 2.84. The van der Waals surface area contributed by atoms with Crippen LogP contribution in [0.3, 0.4) is 0 Å². The number of hydrogen-bond acceptors (Lipinski definition) is 6. The monoisotopic (exact) mass is 484 g/mol. The number of nitrogens with zero attached hydrogens (tertiary/aromatic N) is 2. The molecule has 1 unspecified atom stereocenters. The van der Waals surface area contributed by atoms with Crippen LogP contribution in [0.5, 0.6) is 0 Å². The van der Waals surface area contributed by atoms with Gasteiger partial charge in [-0.1, -0.05) is 48.2 Å². The quantitative estimate of drug-likeness (QED) is 0.652. The van der Waals surface area contributed by atoms with Gasteiger partial charge in [0.05, 0.1) is 11.2 Å². The van der Waals surface area contributed by atoms with Gasteiger partial charge in [0.25, 0.3) is 0 Å². The summed E-state index contributed by atoms with van der Waals surface area (Å²) in [5, 5.41) is 3.26. The first-order chi connectivity index (χ1) is 16.3. The van der Waals surface area contributed by atoms with Gasteiger partial charge in [0.15, 0.2) is 5.17 Å². The molecule has 7 nitrogen and oxygen atoms in total. The van der Waals surface area contributed by atoms with Crippen molar-refractivity contribution in [3.63, 3.8) is 0 Å². The van der Waals surface area contributed by atoms with Gasteiger partial charge in [-0.15, -0.1) is 0 Å². The highest BCUT2D eigenvalue weighted by Crippen LogP contribution is 2.36. The number of amides is 2. The molecule has 3 N–H and O–H groups in total. The number of amidine groups is 1.